The minimum Gasteiger partial charge on any atom is -0.508 e. The van der Waals surface area contributed by atoms with Crippen molar-refractivity contribution in [1.29, 1.82) is 0 Å². The number of ether oxygens (including phenoxy) is 1. The van der Waals surface area contributed by atoms with Crippen LogP contribution in [0.4, 0.5) is 4.79 Å². The third-order valence-corrected chi connectivity index (χ3v) is 1.75. The summed E-state index contributed by atoms with van der Waals surface area (Å²) in [5.74, 6) is 0.270. The molecule has 1 heterocycles. The van der Waals surface area contributed by atoms with Crippen molar-refractivity contribution in [3.8, 4) is 11.5 Å². The monoisotopic (exact) mass is 181 g/mol. The van der Waals surface area contributed by atoms with Gasteiger partial charge in [0.2, 0.25) is 0 Å². The summed E-state index contributed by atoms with van der Waals surface area (Å²) in [6.07, 6.45) is -1.82. The van der Waals surface area contributed by atoms with Crippen molar-refractivity contribution >= 4 is 6.09 Å². The van der Waals surface area contributed by atoms with Gasteiger partial charge in [0.1, 0.15) is 11.5 Å². The molecule has 0 saturated carbocycles. The zero-order valence-corrected chi connectivity index (χ0v) is 6.52. The largest absolute Gasteiger partial charge is 0.508 e. The number of aromatic hydroxyl groups is 1. The second-order valence-corrected chi connectivity index (χ2v) is 2.66. The van der Waals surface area contributed by atoms with Gasteiger partial charge in [0.25, 0.3) is 0 Å². The maximum atomic E-state index is 10.8. The van der Waals surface area contributed by atoms with Gasteiger partial charge in [-0.2, -0.15) is 0 Å². The van der Waals surface area contributed by atoms with Crippen LogP contribution < -0.4 is 10.1 Å². The number of nitrogens with one attached hydrogen (secondary N) is 1. The van der Waals surface area contributed by atoms with E-state index in [9.17, 15) is 9.90 Å². The minimum atomic E-state index is -1.12. The van der Waals surface area contributed by atoms with Gasteiger partial charge in [0, 0.05) is 5.56 Å². The van der Waals surface area contributed by atoms with E-state index in [0.29, 0.717) is 5.56 Å². The average Bonchev–Trinajstić information content (AvgIpc) is 2.06. The zero-order chi connectivity index (χ0) is 9.42. The fourth-order valence-corrected chi connectivity index (χ4v) is 1.16. The van der Waals surface area contributed by atoms with Crippen molar-refractivity contribution in [2.24, 2.45) is 0 Å². The van der Waals surface area contributed by atoms with Crippen molar-refractivity contribution in [2.45, 2.75) is 6.23 Å². The molecule has 1 aromatic rings. The number of amides is 1. The van der Waals surface area contributed by atoms with Crippen LogP contribution in [0.2, 0.25) is 0 Å². The summed E-state index contributed by atoms with van der Waals surface area (Å²) < 4.78 is 4.74. The Morgan fingerprint density at radius 3 is 3.00 bits per heavy atom. The highest BCUT2D eigenvalue weighted by Gasteiger charge is 2.24. The zero-order valence-electron chi connectivity index (χ0n) is 6.52. The Labute approximate surface area is 73.6 Å². The Hall–Kier alpha value is -1.75. The number of carbonyl (C=O) groups excluding carboxylic acids is 1. The molecule has 1 aliphatic rings. The van der Waals surface area contributed by atoms with Crippen LogP contribution >= 0.6 is 0 Å². The topological polar surface area (TPSA) is 78.8 Å². The van der Waals surface area contributed by atoms with Gasteiger partial charge in [-0.3, -0.25) is 5.32 Å². The number of carbonyl (C=O) groups is 1. The third kappa shape index (κ3) is 1.29. The molecule has 1 atom stereocenters. The smallest absolute Gasteiger partial charge is 0.414 e. The van der Waals surface area contributed by atoms with Crippen LogP contribution in [0.25, 0.3) is 0 Å². The van der Waals surface area contributed by atoms with Crippen molar-refractivity contribution in [3.63, 3.8) is 0 Å². The van der Waals surface area contributed by atoms with E-state index in [1.54, 1.807) is 0 Å². The molecule has 1 amide bonds. The van der Waals surface area contributed by atoms with Crippen LogP contribution in [0.15, 0.2) is 18.2 Å². The molecule has 3 N–H and O–H groups in total. The molecular formula is C8H7NO4. The van der Waals surface area contributed by atoms with Crippen LogP contribution in [0.1, 0.15) is 11.8 Å². The summed E-state index contributed by atoms with van der Waals surface area (Å²) in [5.41, 5.74) is 0.347. The molecule has 5 heteroatoms. The van der Waals surface area contributed by atoms with Gasteiger partial charge in [-0.1, -0.05) is 0 Å². The molecule has 0 fully saturated rings. The normalized spacial score (nSPS) is 20.1. The highest BCUT2D eigenvalue weighted by atomic mass is 16.6. The van der Waals surface area contributed by atoms with Crippen LogP contribution in [0, 0.1) is 0 Å². The van der Waals surface area contributed by atoms with E-state index >= 15 is 0 Å². The first-order chi connectivity index (χ1) is 6.16. The first kappa shape index (κ1) is 7.88. The fraction of sp³-hybridized carbons (Fsp3) is 0.125. The fourth-order valence-electron chi connectivity index (χ4n) is 1.16. The van der Waals surface area contributed by atoms with Gasteiger partial charge >= 0.3 is 6.09 Å². The lowest BCUT2D eigenvalue weighted by Gasteiger charge is -2.21. The molecule has 0 spiro atoms. The number of aliphatic hydroxyl groups excluding tert-OH is 1. The minimum absolute atomic E-state index is 0.0116. The summed E-state index contributed by atoms with van der Waals surface area (Å²) >= 11 is 0. The molecule has 2 rings (SSSR count). The first-order valence-electron chi connectivity index (χ1n) is 3.66. The van der Waals surface area contributed by atoms with E-state index < -0.39 is 12.3 Å². The van der Waals surface area contributed by atoms with Crippen LogP contribution in [0.5, 0.6) is 11.5 Å². The van der Waals surface area contributed by atoms with Gasteiger partial charge in [-0.05, 0) is 18.2 Å². The van der Waals surface area contributed by atoms with E-state index in [0.717, 1.165) is 0 Å². The molecule has 0 unspecified atom stereocenters. The second kappa shape index (κ2) is 2.63. The standard InChI is InChI=1S/C8H7NO4/c10-4-1-2-6-5(3-4)7(11)9-8(12)13-6/h1-3,7,10-11H,(H,9,12)/t7-/m0/s1. The summed E-state index contributed by atoms with van der Waals surface area (Å²) in [6.45, 7) is 0. The Bertz CT molecular complexity index is 363. The van der Waals surface area contributed by atoms with E-state index in [2.05, 4.69) is 5.32 Å². The lowest BCUT2D eigenvalue weighted by molar-refractivity contribution is 0.108. The SMILES string of the molecule is O=C1N[C@@H](O)c2cc(O)ccc2O1. The molecule has 68 valence electrons. The predicted octanol–water partition coefficient (Wildman–Crippen LogP) is 0.485. The maximum Gasteiger partial charge on any atom is 0.414 e. The van der Waals surface area contributed by atoms with Crippen molar-refractivity contribution in [3.05, 3.63) is 23.8 Å². The number of hydrogen-bond acceptors (Lipinski definition) is 4. The number of rotatable bonds is 0. The third-order valence-electron chi connectivity index (χ3n) is 1.75. The van der Waals surface area contributed by atoms with Gasteiger partial charge in [-0.25, -0.2) is 4.79 Å². The van der Waals surface area contributed by atoms with Crippen molar-refractivity contribution < 1.29 is 19.7 Å². The molecule has 0 saturated heterocycles. The second-order valence-electron chi connectivity index (χ2n) is 2.66. The van der Waals surface area contributed by atoms with E-state index in [-0.39, 0.29) is 11.5 Å². The number of hydrogen-bond donors (Lipinski definition) is 3. The number of fused-ring (bicyclic) bond motifs is 1. The van der Waals surface area contributed by atoms with E-state index in [1.807, 2.05) is 0 Å². The number of phenolic OH excluding ortho intramolecular Hbond substituents is 1. The average molecular weight is 181 g/mol. The molecule has 13 heavy (non-hydrogen) atoms. The molecule has 1 aromatic carbocycles. The molecule has 0 radical (unpaired) electrons. The summed E-state index contributed by atoms with van der Waals surface area (Å²) in [4.78, 5) is 10.8. The Morgan fingerprint density at radius 1 is 1.46 bits per heavy atom. The molecule has 0 aliphatic carbocycles. The summed E-state index contributed by atoms with van der Waals surface area (Å²) in [7, 11) is 0. The first-order valence-corrected chi connectivity index (χ1v) is 3.66. The lowest BCUT2D eigenvalue weighted by Crippen LogP contribution is -2.35. The van der Waals surface area contributed by atoms with Gasteiger partial charge < -0.3 is 14.9 Å². The molecule has 0 aromatic heterocycles. The Balaban J connectivity index is 2.49. The highest BCUT2D eigenvalue weighted by Crippen LogP contribution is 2.30. The van der Waals surface area contributed by atoms with Crippen molar-refractivity contribution in [1.82, 2.24) is 5.32 Å². The van der Waals surface area contributed by atoms with Gasteiger partial charge in [0.05, 0.1) is 0 Å². The quantitative estimate of drug-likeness (QED) is 0.544. The lowest BCUT2D eigenvalue weighted by atomic mass is 10.1. The summed E-state index contributed by atoms with van der Waals surface area (Å²) in [5, 5.41) is 20.6. The molecular weight excluding hydrogens is 174 g/mol. The maximum absolute atomic E-state index is 10.8. The molecule has 1 aliphatic heterocycles. The highest BCUT2D eigenvalue weighted by molar-refractivity contribution is 5.73. The van der Waals surface area contributed by atoms with E-state index in [4.69, 9.17) is 9.84 Å². The summed E-state index contributed by atoms with van der Waals surface area (Å²) in [6, 6.07) is 4.14. The van der Waals surface area contributed by atoms with Crippen LogP contribution in [0.3, 0.4) is 0 Å². The number of phenols is 1. The molecule has 0 bridgehead atoms. The van der Waals surface area contributed by atoms with Gasteiger partial charge in [0.15, 0.2) is 6.23 Å². The Morgan fingerprint density at radius 2 is 2.23 bits per heavy atom. The molecule has 5 nitrogen and oxygen atoms in total. The van der Waals surface area contributed by atoms with Crippen molar-refractivity contribution in [2.75, 3.05) is 0 Å². The van der Waals surface area contributed by atoms with Crippen LogP contribution in [-0.4, -0.2) is 16.3 Å². The van der Waals surface area contributed by atoms with E-state index in [1.165, 1.54) is 18.2 Å². The van der Waals surface area contributed by atoms with Gasteiger partial charge in [-0.15, -0.1) is 0 Å². The number of benzene rings is 1. The predicted molar refractivity (Wildman–Crippen MR) is 42.2 cm³/mol. The number of aliphatic hydroxyl groups is 1. The Kier molecular flexibility index (Phi) is 1.60. The van der Waals surface area contributed by atoms with Crippen LogP contribution in [-0.2, 0) is 0 Å².